The number of Topliss-reactive ketones (excluding diaryl/α,β-unsaturated/α-hetero) is 1. The van der Waals surface area contributed by atoms with E-state index in [0.717, 1.165) is 38.6 Å². The molecule has 9 heteroatoms. The summed E-state index contributed by atoms with van der Waals surface area (Å²) in [6, 6.07) is 15.0. The van der Waals surface area contributed by atoms with Crippen molar-refractivity contribution >= 4 is 38.9 Å². The van der Waals surface area contributed by atoms with Crippen LogP contribution in [0.5, 0.6) is 5.75 Å². The Kier molecular flexibility index (Phi) is 8.97. The van der Waals surface area contributed by atoms with Crippen LogP contribution < -0.4 is 9.46 Å². The Labute approximate surface area is 234 Å². The monoisotopic (exact) mass is 568 g/mol. The number of carbonyl (C=O) groups excluding carboxylic acids is 2. The average molecular weight is 569 g/mol. The lowest BCUT2D eigenvalue weighted by molar-refractivity contribution is -0.115. The molecule has 1 aromatic heterocycles. The van der Waals surface area contributed by atoms with Gasteiger partial charge in [-0.25, -0.2) is 13.1 Å². The predicted octanol–water partition coefficient (Wildman–Crippen LogP) is 5.57. The summed E-state index contributed by atoms with van der Waals surface area (Å²) in [6.45, 7) is 4.31. The van der Waals surface area contributed by atoms with Crippen LogP contribution in [0.3, 0.4) is 0 Å². The zero-order valence-corrected chi connectivity index (χ0v) is 24.0. The number of aryl methyl sites for hydroxylation is 3. The van der Waals surface area contributed by atoms with Crippen molar-refractivity contribution in [3.8, 4) is 5.75 Å². The number of nitrogens with one attached hydrogen (secondary N) is 1. The third kappa shape index (κ3) is 6.99. The minimum Gasteiger partial charge on any atom is -0.494 e. The maximum Gasteiger partial charge on any atom is 0.261 e. The zero-order chi connectivity index (χ0) is 28.2. The number of rotatable bonds is 12. The van der Waals surface area contributed by atoms with Crippen molar-refractivity contribution in [2.24, 2.45) is 7.05 Å². The Hall–Kier alpha value is -3.36. The lowest BCUT2D eigenvalue weighted by Crippen LogP contribution is -2.34. The Morgan fingerprint density at radius 2 is 1.77 bits per heavy atom. The SMILES string of the molecule is Cc1cc(OCCCC2=C(C(=O)NS(=O)(=O)CCCC(=O)c3cccn3C)Cc3ccccc32)cc(C)c1Cl. The number of ketones is 1. The van der Waals surface area contributed by atoms with E-state index in [1.165, 1.54) is 0 Å². The number of fused-ring (bicyclic) bond motifs is 1. The van der Waals surface area contributed by atoms with Crippen LogP contribution in [0, 0.1) is 13.8 Å². The molecule has 7 nitrogen and oxygen atoms in total. The van der Waals surface area contributed by atoms with Gasteiger partial charge in [0.15, 0.2) is 5.78 Å². The van der Waals surface area contributed by atoms with Gasteiger partial charge in [-0.15, -0.1) is 0 Å². The maximum absolute atomic E-state index is 13.2. The van der Waals surface area contributed by atoms with Gasteiger partial charge >= 0.3 is 0 Å². The van der Waals surface area contributed by atoms with Gasteiger partial charge in [-0.1, -0.05) is 35.9 Å². The second-order valence-corrected chi connectivity index (χ2v) is 12.1. The number of carbonyl (C=O) groups is 2. The molecule has 0 fully saturated rings. The molecule has 1 amide bonds. The second-order valence-electron chi connectivity index (χ2n) is 9.90. The topological polar surface area (TPSA) is 94.5 Å². The molecule has 206 valence electrons. The molecule has 0 bridgehead atoms. The van der Waals surface area contributed by atoms with Gasteiger partial charge in [0.25, 0.3) is 5.91 Å². The molecule has 1 N–H and O–H groups in total. The van der Waals surface area contributed by atoms with E-state index in [9.17, 15) is 18.0 Å². The quantitative estimate of drug-likeness (QED) is 0.227. The van der Waals surface area contributed by atoms with Gasteiger partial charge in [0.1, 0.15) is 5.75 Å². The van der Waals surface area contributed by atoms with Gasteiger partial charge in [-0.05, 0) is 85.2 Å². The van der Waals surface area contributed by atoms with Crippen molar-refractivity contribution in [2.45, 2.75) is 46.0 Å². The predicted molar refractivity (Wildman–Crippen MR) is 154 cm³/mol. The highest BCUT2D eigenvalue weighted by molar-refractivity contribution is 7.90. The fraction of sp³-hybridized carbons (Fsp3) is 0.333. The van der Waals surface area contributed by atoms with Crippen molar-refractivity contribution < 1.29 is 22.7 Å². The molecule has 1 aliphatic carbocycles. The minimum atomic E-state index is -3.90. The van der Waals surface area contributed by atoms with Crippen LogP contribution in [0.1, 0.15) is 58.4 Å². The Balaban J connectivity index is 1.38. The average Bonchev–Trinajstić information content (AvgIpc) is 3.48. The molecule has 0 radical (unpaired) electrons. The number of amides is 1. The van der Waals surface area contributed by atoms with Crippen LogP contribution >= 0.6 is 11.6 Å². The van der Waals surface area contributed by atoms with E-state index in [-0.39, 0.29) is 24.4 Å². The van der Waals surface area contributed by atoms with Gasteiger partial charge in [0, 0.05) is 36.7 Å². The normalized spacial score (nSPS) is 12.9. The summed E-state index contributed by atoms with van der Waals surface area (Å²) in [4.78, 5) is 25.5. The summed E-state index contributed by atoms with van der Waals surface area (Å²) in [5, 5.41) is 0.725. The van der Waals surface area contributed by atoms with Crippen LogP contribution in [0.2, 0.25) is 5.02 Å². The molecule has 0 atom stereocenters. The van der Waals surface area contributed by atoms with Crippen LogP contribution in [0.4, 0.5) is 0 Å². The van der Waals surface area contributed by atoms with E-state index in [4.69, 9.17) is 16.3 Å². The molecule has 1 heterocycles. The highest BCUT2D eigenvalue weighted by Crippen LogP contribution is 2.36. The van der Waals surface area contributed by atoms with Crippen molar-refractivity contribution in [3.63, 3.8) is 0 Å². The third-order valence-electron chi connectivity index (χ3n) is 6.89. The van der Waals surface area contributed by atoms with E-state index in [1.807, 2.05) is 50.2 Å². The van der Waals surface area contributed by atoms with Gasteiger partial charge in [0.2, 0.25) is 10.0 Å². The lowest BCUT2D eigenvalue weighted by Gasteiger charge is -2.12. The van der Waals surface area contributed by atoms with E-state index in [2.05, 4.69) is 4.72 Å². The molecule has 0 aliphatic heterocycles. The van der Waals surface area contributed by atoms with E-state index < -0.39 is 15.9 Å². The molecule has 3 aromatic rings. The number of halogens is 1. The van der Waals surface area contributed by atoms with Gasteiger partial charge in [0.05, 0.1) is 18.1 Å². The van der Waals surface area contributed by atoms with E-state index in [1.54, 1.807) is 29.9 Å². The molecular formula is C30H33ClN2O5S. The number of aromatic nitrogens is 1. The molecule has 39 heavy (non-hydrogen) atoms. The largest absolute Gasteiger partial charge is 0.494 e. The van der Waals surface area contributed by atoms with E-state index in [0.29, 0.717) is 37.1 Å². The van der Waals surface area contributed by atoms with Crippen molar-refractivity contribution in [2.75, 3.05) is 12.4 Å². The van der Waals surface area contributed by atoms with Gasteiger partial charge < -0.3 is 9.30 Å². The van der Waals surface area contributed by atoms with Crippen LogP contribution in [0.15, 0.2) is 60.3 Å². The van der Waals surface area contributed by atoms with Gasteiger partial charge in [-0.2, -0.15) is 0 Å². The smallest absolute Gasteiger partial charge is 0.261 e. The van der Waals surface area contributed by atoms with E-state index >= 15 is 0 Å². The minimum absolute atomic E-state index is 0.0824. The molecule has 0 saturated heterocycles. The highest BCUT2D eigenvalue weighted by Gasteiger charge is 2.28. The summed E-state index contributed by atoms with van der Waals surface area (Å²) in [5.74, 6) is -0.311. The second kappa shape index (κ2) is 12.2. The number of hydrogen-bond acceptors (Lipinski definition) is 5. The number of hydrogen-bond donors (Lipinski definition) is 1. The summed E-state index contributed by atoms with van der Waals surface area (Å²) in [6.07, 6.45) is 3.56. The first-order valence-electron chi connectivity index (χ1n) is 12.9. The Morgan fingerprint density at radius 3 is 2.46 bits per heavy atom. The van der Waals surface area contributed by atoms with Crippen molar-refractivity contribution in [1.82, 2.24) is 9.29 Å². The fourth-order valence-corrected chi connectivity index (χ4v) is 6.06. The Bertz CT molecular complexity index is 1520. The fourth-order valence-electron chi connectivity index (χ4n) is 4.92. The van der Waals surface area contributed by atoms with Gasteiger partial charge in [-0.3, -0.25) is 9.59 Å². The number of allylic oxidation sites excluding steroid dienone is 1. The Morgan fingerprint density at radius 1 is 1.05 bits per heavy atom. The molecule has 0 unspecified atom stereocenters. The first-order valence-corrected chi connectivity index (χ1v) is 15.0. The molecule has 0 spiro atoms. The number of sulfonamides is 1. The molecular weight excluding hydrogens is 536 g/mol. The first kappa shape index (κ1) is 28.6. The molecule has 0 saturated carbocycles. The molecule has 1 aliphatic rings. The first-order chi connectivity index (χ1) is 18.6. The standard InChI is InChI=1S/C30H33ClN2O5S/c1-20-17-23(18-21(2)29(20)31)38-15-7-11-25-24-10-5-4-9-22(24)19-26(25)30(35)32-39(36,37)16-8-13-28(34)27-12-6-14-33(27)3/h4-6,9-10,12,14,17-18H,7-8,11,13,15-16,19H2,1-3H3,(H,32,35). The highest BCUT2D eigenvalue weighted by atomic mass is 35.5. The summed E-state index contributed by atoms with van der Waals surface area (Å²) in [5.41, 5.74) is 5.68. The van der Waals surface area contributed by atoms with Crippen LogP contribution in [-0.2, 0) is 28.3 Å². The van der Waals surface area contributed by atoms with Crippen molar-refractivity contribution in [3.05, 3.63) is 93.3 Å². The van der Waals surface area contributed by atoms with Crippen LogP contribution in [-0.4, -0.2) is 37.0 Å². The number of benzene rings is 2. The summed E-state index contributed by atoms with van der Waals surface area (Å²) >= 11 is 6.25. The lowest BCUT2D eigenvalue weighted by atomic mass is 10.0. The van der Waals surface area contributed by atoms with Crippen molar-refractivity contribution in [1.29, 1.82) is 0 Å². The van der Waals surface area contributed by atoms with Crippen LogP contribution in [0.25, 0.3) is 5.57 Å². The number of nitrogens with zero attached hydrogens (tertiary/aromatic N) is 1. The maximum atomic E-state index is 13.2. The third-order valence-corrected chi connectivity index (χ3v) is 8.81. The summed E-state index contributed by atoms with van der Waals surface area (Å²) in [7, 11) is -2.14. The molecule has 2 aromatic carbocycles. The summed E-state index contributed by atoms with van der Waals surface area (Å²) < 4.78 is 35.3. The molecule has 4 rings (SSSR count). The number of ether oxygens (including phenoxy) is 1. The zero-order valence-electron chi connectivity index (χ0n) is 22.4.